The number of ketones is 1. The first-order valence-electron chi connectivity index (χ1n) is 8.57. The van der Waals surface area contributed by atoms with Crippen molar-refractivity contribution in [1.82, 2.24) is 0 Å². The van der Waals surface area contributed by atoms with Gasteiger partial charge in [0.05, 0.1) is 5.56 Å². The van der Waals surface area contributed by atoms with Crippen LogP contribution in [-0.2, 0) is 11.0 Å². The van der Waals surface area contributed by atoms with Crippen LogP contribution >= 0.6 is 0 Å². The number of rotatable bonds is 3. The lowest BCUT2D eigenvalue weighted by Crippen LogP contribution is -2.29. The monoisotopic (exact) mass is 362 g/mol. The fraction of sp³-hybridized carbons (Fsp3) is 0.409. The van der Waals surface area contributed by atoms with Gasteiger partial charge in [0.25, 0.3) is 0 Å². The zero-order valence-corrected chi connectivity index (χ0v) is 15.9. The molecular weight excluding hydrogens is 337 g/mol. The van der Waals surface area contributed by atoms with Gasteiger partial charge in [0.15, 0.2) is 5.78 Å². The molecule has 0 saturated carbocycles. The molecule has 140 valence electrons. The zero-order valence-electron chi connectivity index (χ0n) is 15.9. The minimum absolute atomic E-state index is 0.0226. The highest BCUT2D eigenvalue weighted by molar-refractivity contribution is 6.11. The highest BCUT2D eigenvalue weighted by Crippen LogP contribution is 2.42. The fourth-order valence-corrected chi connectivity index (χ4v) is 3.00. The van der Waals surface area contributed by atoms with Crippen LogP contribution in [0.15, 0.2) is 60.2 Å². The topological polar surface area (TPSA) is 17.1 Å². The molecule has 1 aliphatic carbocycles. The molecule has 1 atom stereocenters. The van der Waals surface area contributed by atoms with E-state index in [0.717, 1.165) is 17.7 Å². The molecule has 1 aromatic carbocycles. The summed E-state index contributed by atoms with van der Waals surface area (Å²) < 4.78 is 38.4. The van der Waals surface area contributed by atoms with E-state index in [1.807, 2.05) is 46.8 Å². The molecule has 1 unspecified atom stereocenters. The van der Waals surface area contributed by atoms with E-state index in [-0.39, 0.29) is 17.1 Å². The van der Waals surface area contributed by atoms with Gasteiger partial charge in [0.1, 0.15) is 0 Å². The number of benzene rings is 1. The van der Waals surface area contributed by atoms with Crippen LogP contribution in [0, 0.1) is 10.8 Å². The molecule has 0 bridgehead atoms. The predicted octanol–water partition coefficient (Wildman–Crippen LogP) is 6.48. The van der Waals surface area contributed by atoms with Crippen LogP contribution < -0.4 is 0 Å². The molecular formula is C22H25F3O. The third-order valence-corrected chi connectivity index (χ3v) is 4.82. The van der Waals surface area contributed by atoms with Gasteiger partial charge in [-0.1, -0.05) is 65.0 Å². The largest absolute Gasteiger partial charge is 0.416 e. The number of alkyl halides is 3. The van der Waals surface area contributed by atoms with Crippen molar-refractivity contribution in [3.05, 3.63) is 71.3 Å². The Balaban J connectivity index is 2.56. The molecule has 0 aromatic heterocycles. The van der Waals surface area contributed by atoms with Gasteiger partial charge in [-0.3, -0.25) is 4.79 Å². The lowest BCUT2D eigenvalue weighted by molar-refractivity contribution is -0.137. The van der Waals surface area contributed by atoms with Gasteiger partial charge in [0, 0.05) is 22.5 Å². The summed E-state index contributed by atoms with van der Waals surface area (Å²) in [4.78, 5) is 13.0. The number of hydrogen-bond donors (Lipinski definition) is 0. The van der Waals surface area contributed by atoms with Gasteiger partial charge in [-0.05, 0) is 23.1 Å². The van der Waals surface area contributed by atoms with E-state index in [1.54, 1.807) is 6.08 Å². The van der Waals surface area contributed by atoms with Crippen LogP contribution in [0.2, 0.25) is 0 Å². The van der Waals surface area contributed by atoms with Crippen LogP contribution in [0.4, 0.5) is 13.2 Å². The maximum Gasteiger partial charge on any atom is 0.416 e. The molecule has 1 aromatic rings. The summed E-state index contributed by atoms with van der Waals surface area (Å²) in [5.41, 5.74) is 0.470. The van der Waals surface area contributed by atoms with Crippen LogP contribution in [0.5, 0.6) is 0 Å². The minimum atomic E-state index is -4.36. The van der Waals surface area contributed by atoms with E-state index in [1.165, 1.54) is 12.1 Å². The van der Waals surface area contributed by atoms with E-state index in [0.29, 0.717) is 11.1 Å². The molecule has 4 heteroatoms. The summed E-state index contributed by atoms with van der Waals surface area (Å²) in [7, 11) is 0. The van der Waals surface area contributed by atoms with Crippen LogP contribution in [0.1, 0.15) is 51.7 Å². The second-order valence-electron chi connectivity index (χ2n) is 8.31. The molecule has 0 radical (unpaired) electrons. The lowest BCUT2D eigenvalue weighted by Gasteiger charge is -2.33. The molecule has 26 heavy (non-hydrogen) atoms. The molecule has 1 aliphatic rings. The Morgan fingerprint density at radius 2 is 1.42 bits per heavy atom. The number of halogens is 3. The molecule has 0 spiro atoms. The number of carbonyl (C=O) groups is 1. The van der Waals surface area contributed by atoms with Crippen molar-refractivity contribution < 1.29 is 18.0 Å². The summed E-state index contributed by atoms with van der Waals surface area (Å²) in [6, 6.07) is 5.13. The Hall–Kier alpha value is -2.10. The molecule has 0 saturated heterocycles. The molecule has 2 rings (SSSR count). The fourth-order valence-electron chi connectivity index (χ4n) is 3.00. The van der Waals surface area contributed by atoms with Gasteiger partial charge < -0.3 is 0 Å². The average molecular weight is 362 g/mol. The Kier molecular flexibility index (Phi) is 5.10. The summed E-state index contributed by atoms with van der Waals surface area (Å²) in [6.45, 7) is 13.5. The molecule has 0 fully saturated rings. The summed E-state index contributed by atoms with van der Waals surface area (Å²) in [5, 5.41) is 0. The van der Waals surface area contributed by atoms with Gasteiger partial charge in [-0.2, -0.15) is 13.2 Å². The standard InChI is InChI=1S/C22H25F3O/c1-7-21(5,6)18-13-15(12-17(19(18)26)20(2,3)4)14-8-10-16(11-9-14)22(23,24)25/h7-13,15H,1H2,2-6H3. The Morgan fingerprint density at radius 1 is 0.923 bits per heavy atom. The summed E-state index contributed by atoms with van der Waals surface area (Å²) in [6.07, 6.45) is 1.08. The van der Waals surface area contributed by atoms with Crippen molar-refractivity contribution in [3.8, 4) is 0 Å². The van der Waals surface area contributed by atoms with Crippen LogP contribution in [0.25, 0.3) is 0 Å². The van der Waals surface area contributed by atoms with Gasteiger partial charge in [-0.15, -0.1) is 6.58 Å². The van der Waals surface area contributed by atoms with Gasteiger partial charge >= 0.3 is 6.18 Å². The normalized spacial score (nSPS) is 19.1. The van der Waals surface area contributed by atoms with E-state index in [2.05, 4.69) is 6.58 Å². The molecule has 0 aliphatic heterocycles. The zero-order chi connectivity index (χ0) is 19.9. The van der Waals surface area contributed by atoms with Gasteiger partial charge in [0.2, 0.25) is 0 Å². The highest BCUT2D eigenvalue weighted by Gasteiger charge is 2.36. The third kappa shape index (κ3) is 4.00. The first-order valence-corrected chi connectivity index (χ1v) is 8.57. The summed E-state index contributed by atoms with van der Waals surface area (Å²) in [5.74, 6) is -0.274. The predicted molar refractivity (Wildman–Crippen MR) is 98.8 cm³/mol. The van der Waals surface area contributed by atoms with Crippen molar-refractivity contribution in [3.63, 3.8) is 0 Å². The Bertz CT molecular complexity index is 769. The second-order valence-corrected chi connectivity index (χ2v) is 8.31. The number of hydrogen-bond acceptors (Lipinski definition) is 1. The first kappa shape index (κ1) is 20.2. The quantitative estimate of drug-likeness (QED) is 0.562. The lowest BCUT2D eigenvalue weighted by atomic mass is 9.69. The highest BCUT2D eigenvalue weighted by atomic mass is 19.4. The number of Topliss-reactive ketones (excluding diaryl/α,β-unsaturated/α-hetero) is 1. The smallest absolute Gasteiger partial charge is 0.289 e. The summed E-state index contributed by atoms with van der Waals surface area (Å²) >= 11 is 0. The van der Waals surface area contributed by atoms with E-state index >= 15 is 0 Å². The second kappa shape index (κ2) is 6.57. The minimum Gasteiger partial charge on any atom is -0.289 e. The molecule has 0 amide bonds. The van der Waals surface area contributed by atoms with E-state index in [9.17, 15) is 18.0 Å². The van der Waals surface area contributed by atoms with E-state index < -0.39 is 17.2 Å². The molecule has 1 nitrogen and oxygen atoms in total. The Morgan fingerprint density at radius 3 is 1.85 bits per heavy atom. The maximum atomic E-state index is 13.0. The molecule has 0 heterocycles. The third-order valence-electron chi connectivity index (χ3n) is 4.82. The van der Waals surface area contributed by atoms with Gasteiger partial charge in [-0.25, -0.2) is 0 Å². The van der Waals surface area contributed by atoms with Crippen molar-refractivity contribution in [2.75, 3.05) is 0 Å². The van der Waals surface area contributed by atoms with Crippen molar-refractivity contribution >= 4 is 5.78 Å². The van der Waals surface area contributed by atoms with Crippen molar-refractivity contribution in [1.29, 1.82) is 0 Å². The maximum absolute atomic E-state index is 13.0. The average Bonchev–Trinajstić information content (AvgIpc) is 2.53. The van der Waals surface area contributed by atoms with Crippen LogP contribution in [0.3, 0.4) is 0 Å². The first-order chi connectivity index (χ1) is 11.8. The Labute approximate surface area is 153 Å². The SMILES string of the molecule is C=CC(C)(C)C1=CC(c2ccc(C(F)(F)F)cc2)C=C(C(C)(C)C)C1=O. The van der Waals surface area contributed by atoms with E-state index in [4.69, 9.17) is 0 Å². The number of allylic oxidation sites excluding steroid dienone is 5. The van der Waals surface area contributed by atoms with Crippen LogP contribution in [-0.4, -0.2) is 5.78 Å². The molecule has 0 N–H and O–H groups in total. The van der Waals surface area contributed by atoms with Crippen molar-refractivity contribution in [2.24, 2.45) is 10.8 Å². The number of carbonyl (C=O) groups excluding carboxylic acids is 1. The van der Waals surface area contributed by atoms with Crippen molar-refractivity contribution in [2.45, 2.75) is 46.7 Å².